The van der Waals surface area contributed by atoms with Crippen LogP contribution in [0.4, 0.5) is 11.4 Å². The summed E-state index contributed by atoms with van der Waals surface area (Å²) in [5.74, 6) is 0.340. The minimum Gasteiger partial charge on any atom is -0.465 e. The van der Waals surface area contributed by atoms with Crippen LogP contribution in [0.3, 0.4) is 0 Å². The summed E-state index contributed by atoms with van der Waals surface area (Å²) in [6.45, 7) is 5.43. The van der Waals surface area contributed by atoms with Gasteiger partial charge in [-0.15, -0.1) is 0 Å². The highest BCUT2D eigenvalue weighted by Crippen LogP contribution is 2.35. The van der Waals surface area contributed by atoms with Crippen LogP contribution in [-0.2, 0) is 4.74 Å². The summed E-state index contributed by atoms with van der Waals surface area (Å²) in [6.07, 6.45) is 3.54. The lowest BCUT2D eigenvalue weighted by molar-refractivity contribution is 0.0601. The molecule has 1 fully saturated rings. The van der Waals surface area contributed by atoms with Gasteiger partial charge in [0.1, 0.15) is 0 Å². The van der Waals surface area contributed by atoms with Crippen molar-refractivity contribution < 1.29 is 9.53 Å². The van der Waals surface area contributed by atoms with Gasteiger partial charge in [-0.1, -0.05) is 13.8 Å². The van der Waals surface area contributed by atoms with E-state index in [0.29, 0.717) is 17.5 Å². The van der Waals surface area contributed by atoms with Crippen LogP contribution in [0.5, 0.6) is 0 Å². The zero-order chi connectivity index (χ0) is 14.7. The van der Waals surface area contributed by atoms with Crippen molar-refractivity contribution in [2.45, 2.75) is 39.2 Å². The van der Waals surface area contributed by atoms with Crippen molar-refractivity contribution in [3.8, 4) is 0 Å². The molecule has 20 heavy (non-hydrogen) atoms. The number of carbonyl (C=O) groups is 1. The van der Waals surface area contributed by atoms with Crippen LogP contribution in [0.15, 0.2) is 18.2 Å². The van der Waals surface area contributed by atoms with Gasteiger partial charge in [-0.2, -0.15) is 0 Å². The fraction of sp³-hybridized carbons (Fsp3) is 0.562. The van der Waals surface area contributed by atoms with Crippen molar-refractivity contribution in [1.82, 2.24) is 0 Å². The van der Waals surface area contributed by atoms with Gasteiger partial charge in [-0.05, 0) is 43.4 Å². The zero-order valence-electron chi connectivity index (χ0n) is 12.6. The van der Waals surface area contributed by atoms with Crippen LogP contribution in [0.2, 0.25) is 0 Å². The molecule has 1 aromatic rings. The van der Waals surface area contributed by atoms with E-state index in [4.69, 9.17) is 10.5 Å². The van der Waals surface area contributed by atoms with Gasteiger partial charge in [0.15, 0.2) is 0 Å². The summed E-state index contributed by atoms with van der Waals surface area (Å²) >= 11 is 0. The summed E-state index contributed by atoms with van der Waals surface area (Å²) in [4.78, 5) is 14.0. The first-order valence-electron chi connectivity index (χ1n) is 7.27. The third-order valence-electron chi connectivity index (χ3n) is 3.70. The summed E-state index contributed by atoms with van der Waals surface area (Å²) in [5, 5.41) is 0. The average molecular weight is 276 g/mol. The van der Waals surface area contributed by atoms with Gasteiger partial charge >= 0.3 is 5.97 Å². The molecule has 0 unspecified atom stereocenters. The zero-order valence-corrected chi connectivity index (χ0v) is 12.6. The molecular weight excluding hydrogens is 252 g/mol. The molecule has 0 aromatic heterocycles. The maximum Gasteiger partial charge on any atom is 0.337 e. The van der Waals surface area contributed by atoms with E-state index in [9.17, 15) is 4.79 Å². The third kappa shape index (κ3) is 3.44. The average Bonchev–Trinajstić information content (AvgIpc) is 3.24. The molecule has 1 saturated carbocycles. The quantitative estimate of drug-likeness (QED) is 0.641. The maximum absolute atomic E-state index is 11.7. The van der Waals surface area contributed by atoms with Crippen LogP contribution >= 0.6 is 0 Å². The van der Waals surface area contributed by atoms with E-state index < -0.39 is 0 Å². The monoisotopic (exact) mass is 276 g/mol. The lowest BCUT2D eigenvalue weighted by Crippen LogP contribution is -2.28. The molecule has 0 amide bonds. The minimum absolute atomic E-state index is 0.314. The number of methoxy groups -OCH3 is 1. The second kappa shape index (κ2) is 6.16. The molecule has 0 atom stereocenters. The highest BCUT2D eigenvalue weighted by molar-refractivity contribution is 5.92. The second-order valence-electron chi connectivity index (χ2n) is 5.87. The predicted octanol–water partition coefficient (Wildman–Crippen LogP) is 3.07. The number of esters is 1. The maximum atomic E-state index is 11.7. The van der Waals surface area contributed by atoms with Crippen LogP contribution in [0.25, 0.3) is 0 Å². The number of nitrogen functional groups attached to an aromatic ring is 1. The van der Waals surface area contributed by atoms with E-state index in [1.54, 1.807) is 12.1 Å². The molecule has 2 N–H and O–H groups in total. The number of ether oxygens (including phenoxy) is 1. The third-order valence-corrected chi connectivity index (χ3v) is 3.70. The topological polar surface area (TPSA) is 55.6 Å². The first-order chi connectivity index (χ1) is 9.52. The van der Waals surface area contributed by atoms with Crippen LogP contribution in [-0.4, -0.2) is 25.7 Å². The Balaban J connectivity index is 2.24. The van der Waals surface area contributed by atoms with E-state index >= 15 is 0 Å². The van der Waals surface area contributed by atoms with Gasteiger partial charge in [0.05, 0.1) is 24.0 Å². The molecule has 2 rings (SSSR count). The fourth-order valence-electron chi connectivity index (χ4n) is 2.32. The number of carbonyl (C=O) groups excluding carboxylic acids is 1. The second-order valence-corrected chi connectivity index (χ2v) is 5.87. The minimum atomic E-state index is -0.314. The van der Waals surface area contributed by atoms with Crippen molar-refractivity contribution in [3.05, 3.63) is 23.8 Å². The van der Waals surface area contributed by atoms with E-state index in [0.717, 1.165) is 24.3 Å². The number of hydrogen-bond acceptors (Lipinski definition) is 4. The first kappa shape index (κ1) is 14.7. The Kier molecular flexibility index (Phi) is 4.53. The molecule has 0 aliphatic heterocycles. The number of hydrogen-bond donors (Lipinski definition) is 1. The Bertz CT molecular complexity index is 481. The summed E-state index contributed by atoms with van der Waals surface area (Å²) in [6, 6.07) is 5.95. The van der Waals surface area contributed by atoms with Crippen molar-refractivity contribution in [2.75, 3.05) is 24.3 Å². The highest BCUT2D eigenvalue weighted by Gasteiger charge is 2.30. The Morgan fingerprint density at radius 3 is 2.70 bits per heavy atom. The largest absolute Gasteiger partial charge is 0.465 e. The van der Waals surface area contributed by atoms with Crippen LogP contribution < -0.4 is 10.6 Å². The first-order valence-corrected chi connectivity index (χ1v) is 7.27. The van der Waals surface area contributed by atoms with Crippen LogP contribution in [0, 0.1) is 5.92 Å². The molecule has 4 heteroatoms. The van der Waals surface area contributed by atoms with Gasteiger partial charge in [0.2, 0.25) is 0 Å². The molecule has 110 valence electrons. The van der Waals surface area contributed by atoms with E-state index in [2.05, 4.69) is 18.7 Å². The Labute approximate surface area is 120 Å². The van der Waals surface area contributed by atoms with Crippen molar-refractivity contribution in [1.29, 1.82) is 0 Å². The van der Waals surface area contributed by atoms with Crippen molar-refractivity contribution in [3.63, 3.8) is 0 Å². The molecule has 1 aliphatic rings. The van der Waals surface area contributed by atoms with Gasteiger partial charge in [-0.3, -0.25) is 0 Å². The van der Waals surface area contributed by atoms with E-state index in [1.165, 1.54) is 20.0 Å². The van der Waals surface area contributed by atoms with Gasteiger partial charge in [-0.25, -0.2) is 4.79 Å². The van der Waals surface area contributed by atoms with Crippen LogP contribution in [0.1, 0.15) is 43.5 Å². The number of benzene rings is 1. The van der Waals surface area contributed by atoms with Crippen molar-refractivity contribution >= 4 is 17.3 Å². The normalized spacial score (nSPS) is 14.4. The Morgan fingerprint density at radius 2 is 2.15 bits per heavy atom. The lowest BCUT2D eigenvalue weighted by atomic mass is 10.1. The summed E-state index contributed by atoms with van der Waals surface area (Å²) < 4.78 is 4.79. The number of anilines is 2. The van der Waals surface area contributed by atoms with Gasteiger partial charge in [0, 0.05) is 12.6 Å². The highest BCUT2D eigenvalue weighted by atomic mass is 16.5. The van der Waals surface area contributed by atoms with E-state index in [-0.39, 0.29) is 5.97 Å². The molecule has 1 aliphatic carbocycles. The molecule has 0 radical (unpaired) electrons. The molecule has 0 bridgehead atoms. The number of rotatable bonds is 6. The molecule has 0 heterocycles. The fourth-order valence-corrected chi connectivity index (χ4v) is 2.32. The summed E-state index contributed by atoms with van der Waals surface area (Å²) in [7, 11) is 1.40. The lowest BCUT2D eigenvalue weighted by Gasteiger charge is -2.27. The molecule has 4 nitrogen and oxygen atoms in total. The number of nitrogens with two attached hydrogens (primary N) is 1. The van der Waals surface area contributed by atoms with Gasteiger partial charge < -0.3 is 15.4 Å². The Hall–Kier alpha value is -1.71. The standard InChI is InChI=1S/C16H24N2O2/c1-11(2)8-9-18(13-5-6-13)15-10-12(16(19)20-3)4-7-14(15)17/h4,7,10-11,13H,5-6,8-9,17H2,1-3H3. The molecule has 0 spiro atoms. The summed E-state index contributed by atoms with van der Waals surface area (Å²) in [5.41, 5.74) is 8.37. The van der Waals surface area contributed by atoms with Crippen molar-refractivity contribution in [2.24, 2.45) is 5.92 Å². The van der Waals surface area contributed by atoms with E-state index in [1.807, 2.05) is 6.07 Å². The molecule has 1 aromatic carbocycles. The van der Waals surface area contributed by atoms with Gasteiger partial charge in [0.25, 0.3) is 0 Å². The predicted molar refractivity (Wildman–Crippen MR) is 82.0 cm³/mol. The smallest absolute Gasteiger partial charge is 0.337 e. The molecular formula is C16H24N2O2. The number of nitrogens with zero attached hydrogens (tertiary/aromatic N) is 1. The molecule has 0 saturated heterocycles. The Morgan fingerprint density at radius 1 is 1.45 bits per heavy atom. The SMILES string of the molecule is COC(=O)c1ccc(N)c(N(CCC(C)C)C2CC2)c1.